The Labute approximate surface area is 156 Å². The van der Waals surface area contributed by atoms with Crippen LogP contribution in [-0.2, 0) is 13.0 Å². The molecule has 0 radical (unpaired) electrons. The lowest BCUT2D eigenvalue weighted by molar-refractivity contribution is 0.176. The van der Waals surface area contributed by atoms with Crippen LogP contribution < -0.4 is 5.32 Å². The molecule has 1 N–H and O–H groups in total. The molecule has 1 fully saturated rings. The van der Waals surface area contributed by atoms with E-state index in [0.29, 0.717) is 0 Å². The molecule has 0 saturated carbocycles. The van der Waals surface area contributed by atoms with E-state index in [2.05, 4.69) is 77.5 Å². The number of rotatable bonds is 4. The van der Waals surface area contributed by atoms with Crippen LogP contribution in [0.1, 0.15) is 23.6 Å². The monoisotopic (exact) mass is 353 g/mol. The van der Waals surface area contributed by atoms with Crippen molar-refractivity contribution in [2.75, 3.05) is 31.5 Å². The Kier molecular flexibility index (Phi) is 6.05. The number of anilines is 1. The molecule has 0 bridgehead atoms. The van der Waals surface area contributed by atoms with Crippen molar-refractivity contribution in [3.63, 3.8) is 0 Å². The van der Waals surface area contributed by atoms with E-state index in [1.165, 1.54) is 16.7 Å². The van der Waals surface area contributed by atoms with Crippen molar-refractivity contribution in [2.45, 2.75) is 26.8 Å². The van der Waals surface area contributed by atoms with Crippen molar-refractivity contribution in [2.24, 2.45) is 0 Å². The van der Waals surface area contributed by atoms with Crippen molar-refractivity contribution in [3.05, 3.63) is 65.2 Å². The lowest BCUT2D eigenvalue weighted by Gasteiger charge is -2.36. The highest BCUT2D eigenvalue weighted by atomic mass is 32.1. The Balaban J connectivity index is 1.53. The van der Waals surface area contributed by atoms with Crippen LogP contribution in [0.2, 0.25) is 0 Å². The largest absolute Gasteiger partial charge is 0.346 e. The Morgan fingerprint density at radius 2 is 1.60 bits per heavy atom. The predicted octanol–water partition coefficient (Wildman–Crippen LogP) is 4.07. The van der Waals surface area contributed by atoms with Crippen LogP contribution in [0.25, 0.3) is 0 Å². The number of thiocarbonyl (C=S) groups is 1. The maximum atomic E-state index is 5.65. The van der Waals surface area contributed by atoms with Gasteiger partial charge in [-0.3, -0.25) is 4.90 Å². The Morgan fingerprint density at radius 3 is 2.28 bits per heavy atom. The highest BCUT2D eigenvalue weighted by molar-refractivity contribution is 7.80. The third-order valence-corrected chi connectivity index (χ3v) is 5.31. The number of para-hydroxylation sites is 1. The standard InChI is InChI=1S/C21H27N3S/c1-3-18-9-6-7-11-20(18)22-21(25)24-14-12-23(13-15-24)16-19-10-5-4-8-17(19)2/h4-11H,3,12-16H2,1-2H3,(H,22,25). The molecule has 0 aromatic heterocycles. The van der Waals surface area contributed by atoms with Gasteiger partial charge >= 0.3 is 0 Å². The fourth-order valence-corrected chi connectivity index (χ4v) is 3.57. The highest BCUT2D eigenvalue weighted by Gasteiger charge is 2.19. The summed E-state index contributed by atoms with van der Waals surface area (Å²) in [6, 6.07) is 17.1. The first kappa shape index (κ1) is 17.9. The first-order valence-electron chi connectivity index (χ1n) is 9.08. The summed E-state index contributed by atoms with van der Waals surface area (Å²) in [7, 11) is 0. The van der Waals surface area contributed by atoms with Crippen molar-refractivity contribution < 1.29 is 0 Å². The summed E-state index contributed by atoms with van der Waals surface area (Å²) in [5.74, 6) is 0. The van der Waals surface area contributed by atoms with E-state index >= 15 is 0 Å². The van der Waals surface area contributed by atoms with Crippen molar-refractivity contribution in [1.82, 2.24) is 9.80 Å². The molecule has 4 heteroatoms. The molecule has 3 nitrogen and oxygen atoms in total. The molecule has 1 aliphatic heterocycles. The maximum absolute atomic E-state index is 5.65. The molecule has 25 heavy (non-hydrogen) atoms. The second-order valence-electron chi connectivity index (χ2n) is 6.63. The lowest BCUT2D eigenvalue weighted by atomic mass is 10.1. The second kappa shape index (κ2) is 8.45. The fraction of sp³-hybridized carbons (Fsp3) is 0.381. The topological polar surface area (TPSA) is 18.5 Å². The number of nitrogens with one attached hydrogen (secondary N) is 1. The lowest BCUT2D eigenvalue weighted by Crippen LogP contribution is -2.49. The van der Waals surface area contributed by atoms with Crippen LogP contribution in [0, 0.1) is 6.92 Å². The zero-order chi connectivity index (χ0) is 17.6. The first-order valence-corrected chi connectivity index (χ1v) is 9.49. The van der Waals surface area contributed by atoms with Crippen molar-refractivity contribution in [1.29, 1.82) is 0 Å². The number of aryl methyl sites for hydroxylation is 2. The highest BCUT2D eigenvalue weighted by Crippen LogP contribution is 2.17. The van der Waals surface area contributed by atoms with Crippen LogP contribution in [0.3, 0.4) is 0 Å². The quantitative estimate of drug-likeness (QED) is 0.835. The van der Waals surface area contributed by atoms with E-state index in [-0.39, 0.29) is 0 Å². The van der Waals surface area contributed by atoms with E-state index in [0.717, 1.165) is 49.9 Å². The van der Waals surface area contributed by atoms with Gasteiger partial charge in [0.05, 0.1) is 0 Å². The average Bonchev–Trinajstić information content (AvgIpc) is 2.64. The summed E-state index contributed by atoms with van der Waals surface area (Å²) in [6.45, 7) is 9.44. The molecule has 132 valence electrons. The SMILES string of the molecule is CCc1ccccc1NC(=S)N1CCN(Cc2ccccc2C)CC1. The van der Waals surface area contributed by atoms with E-state index < -0.39 is 0 Å². The maximum Gasteiger partial charge on any atom is 0.173 e. The van der Waals surface area contributed by atoms with Crippen molar-refractivity contribution >= 4 is 23.0 Å². The average molecular weight is 354 g/mol. The van der Waals surface area contributed by atoms with Gasteiger partial charge in [-0.05, 0) is 48.3 Å². The fourth-order valence-electron chi connectivity index (χ4n) is 3.28. The van der Waals surface area contributed by atoms with Gasteiger partial charge in [0, 0.05) is 38.4 Å². The minimum atomic E-state index is 0.844. The molecule has 0 spiro atoms. The molecule has 0 atom stereocenters. The summed E-state index contributed by atoms with van der Waals surface area (Å²) in [4.78, 5) is 4.80. The molecule has 2 aromatic rings. The van der Waals surface area contributed by atoms with Crippen LogP contribution in [-0.4, -0.2) is 41.1 Å². The van der Waals surface area contributed by atoms with Crippen LogP contribution in [0.5, 0.6) is 0 Å². The van der Waals surface area contributed by atoms with Gasteiger partial charge in [-0.1, -0.05) is 49.4 Å². The molecule has 1 heterocycles. The summed E-state index contributed by atoms with van der Waals surface area (Å²) in [6.07, 6.45) is 1.01. The Morgan fingerprint density at radius 1 is 0.960 bits per heavy atom. The molecule has 0 aliphatic carbocycles. The smallest absolute Gasteiger partial charge is 0.173 e. The zero-order valence-corrected chi connectivity index (χ0v) is 16.0. The Bertz CT molecular complexity index is 721. The summed E-state index contributed by atoms with van der Waals surface area (Å²) >= 11 is 5.65. The van der Waals surface area contributed by atoms with Gasteiger partial charge in [0.15, 0.2) is 5.11 Å². The molecule has 1 aliphatic rings. The minimum absolute atomic E-state index is 0.844. The molecule has 1 saturated heterocycles. The number of piperazine rings is 1. The van der Waals surface area contributed by atoms with Gasteiger partial charge in [-0.25, -0.2) is 0 Å². The van der Waals surface area contributed by atoms with Gasteiger partial charge in [0.2, 0.25) is 0 Å². The second-order valence-corrected chi connectivity index (χ2v) is 7.02. The van der Waals surface area contributed by atoms with E-state index in [9.17, 15) is 0 Å². The van der Waals surface area contributed by atoms with Crippen LogP contribution in [0.4, 0.5) is 5.69 Å². The van der Waals surface area contributed by atoms with Gasteiger partial charge in [-0.2, -0.15) is 0 Å². The molecule has 0 unspecified atom stereocenters. The Hall–Kier alpha value is -1.91. The van der Waals surface area contributed by atoms with E-state index in [1.807, 2.05) is 0 Å². The normalized spacial score (nSPS) is 15.2. The van der Waals surface area contributed by atoms with E-state index in [4.69, 9.17) is 12.2 Å². The third kappa shape index (κ3) is 4.59. The summed E-state index contributed by atoms with van der Waals surface area (Å²) in [5, 5.41) is 4.29. The minimum Gasteiger partial charge on any atom is -0.346 e. The molecule has 0 amide bonds. The van der Waals surface area contributed by atoms with Crippen LogP contribution >= 0.6 is 12.2 Å². The molecule has 3 rings (SSSR count). The third-order valence-electron chi connectivity index (χ3n) is 4.95. The number of benzene rings is 2. The number of hydrogen-bond acceptors (Lipinski definition) is 2. The molecular weight excluding hydrogens is 326 g/mol. The summed E-state index contributed by atoms with van der Waals surface area (Å²) < 4.78 is 0. The number of hydrogen-bond donors (Lipinski definition) is 1. The van der Waals surface area contributed by atoms with Gasteiger partial charge < -0.3 is 10.2 Å². The van der Waals surface area contributed by atoms with Gasteiger partial charge in [0.25, 0.3) is 0 Å². The molecular formula is C21H27N3S. The first-order chi connectivity index (χ1) is 12.2. The molecule has 2 aromatic carbocycles. The predicted molar refractivity (Wildman–Crippen MR) is 110 cm³/mol. The van der Waals surface area contributed by atoms with Gasteiger partial charge in [-0.15, -0.1) is 0 Å². The van der Waals surface area contributed by atoms with Crippen molar-refractivity contribution in [3.8, 4) is 0 Å². The van der Waals surface area contributed by atoms with Crippen LogP contribution in [0.15, 0.2) is 48.5 Å². The number of nitrogens with zero attached hydrogens (tertiary/aromatic N) is 2. The van der Waals surface area contributed by atoms with Gasteiger partial charge in [0.1, 0.15) is 0 Å². The van der Waals surface area contributed by atoms with E-state index in [1.54, 1.807) is 0 Å². The summed E-state index contributed by atoms with van der Waals surface area (Å²) in [5.41, 5.74) is 5.24. The zero-order valence-electron chi connectivity index (χ0n) is 15.2.